The van der Waals surface area contributed by atoms with E-state index in [0.717, 1.165) is 36.8 Å². The Morgan fingerprint density at radius 1 is 1.30 bits per heavy atom. The van der Waals surface area contributed by atoms with E-state index < -0.39 is 0 Å². The van der Waals surface area contributed by atoms with Gasteiger partial charge in [-0.05, 0) is 53.9 Å². The number of allylic oxidation sites excluding steroid dienone is 2. The van der Waals surface area contributed by atoms with E-state index in [2.05, 4.69) is 13.0 Å². The molecule has 4 rings (SSSR count). The van der Waals surface area contributed by atoms with E-state index >= 15 is 0 Å². The smallest absolute Gasteiger partial charge is 0.162 e. The van der Waals surface area contributed by atoms with E-state index in [0.29, 0.717) is 17.6 Å². The summed E-state index contributed by atoms with van der Waals surface area (Å²) >= 11 is 0. The zero-order valence-corrected chi connectivity index (χ0v) is 11.8. The van der Waals surface area contributed by atoms with E-state index in [1.807, 2.05) is 24.3 Å². The normalized spacial score (nSPS) is 38.8. The van der Waals surface area contributed by atoms with Crippen LogP contribution >= 0.6 is 0 Å². The van der Waals surface area contributed by atoms with Gasteiger partial charge < -0.3 is 5.11 Å². The van der Waals surface area contributed by atoms with Crippen molar-refractivity contribution in [2.24, 2.45) is 17.3 Å². The van der Waals surface area contributed by atoms with Crippen molar-refractivity contribution in [3.8, 4) is 0 Å². The van der Waals surface area contributed by atoms with E-state index in [-0.39, 0.29) is 11.5 Å². The Morgan fingerprint density at radius 3 is 2.95 bits per heavy atom. The van der Waals surface area contributed by atoms with Crippen molar-refractivity contribution < 1.29 is 9.90 Å². The van der Waals surface area contributed by atoms with Crippen LogP contribution in [0.15, 0.2) is 30.3 Å². The summed E-state index contributed by atoms with van der Waals surface area (Å²) in [5, 5.41) is 10.5. The summed E-state index contributed by atoms with van der Waals surface area (Å²) in [5.41, 5.74) is 3.09. The van der Waals surface area contributed by atoms with Gasteiger partial charge in [0.25, 0.3) is 0 Å². The summed E-state index contributed by atoms with van der Waals surface area (Å²) in [6.45, 7) is 2.13. The molecule has 1 fully saturated rings. The topological polar surface area (TPSA) is 37.3 Å². The molecular formula is C18H20O2. The van der Waals surface area contributed by atoms with Gasteiger partial charge in [-0.1, -0.05) is 37.6 Å². The molecule has 0 aliphatic heterocycles. The van der Waals surface area contributed by atoms with Crippen LogP contribution in [0.5, 0.6) is 0 Å². The molecule has 3 aliphatic carbocycles. The van der Waals surface area contributed by atoms with Crippen LogP contribution in [-0.2, 0) is 4.79 Å². The lowest BCUT2D eigenvalue weighted by Gasteiger charge is -2.44. The minimum atomic E-state index is -0.383. The molecule has 1 aromatic rings. The van der Waals surface area contributed by atoms with E-state index in [9.17, 15) is 9.90 Å². The molecule has 0 spiro atoms. The van der Waals surface area contributed by atoms with E-state index in [4.69, 9.17) is 0 Å². The summed E-state index contributed by atoms with van der Waals surface area (Å²) in [6.07, 6.45) is 5.55. The molecule has 0 unspecified atom stereocenters. The number of ketones is 1. The average Bonchev–Trinajstić information content (AvgIpc) is 2.85. The number of rotatable bonds is 0. The number of hydrogen-bond acceptors (Lipinski definition) is 2. The molecule has 3 aliphatic rings. The second-order valence-electron chi connectivity index (χ2n) is 6.83. The first-order valence-electron chi connectivity index (χ1n) is 7.64. The van der Waals surface area contributed by atoms with Crippen molar-refractivity contribution >= 4 is 11.4 Å². The summed E-state index contributed by atoms with van der Waals surface area (Å²) in [7, 11) is 0. The van der Waals surface area contributed by atoms with Crippen LogP contribution in [-0.4, -0.2) is 10.9 Å². The maximum atomic E-state index is 12.6. The highest BCUT2D eigenvalue weighted by Gasteiger charge is 2.52. The molecular weight excluding hydrogens is 248 g/mol. The molecule has 1 saturated carbocycles. The molecule has 4 atom stereocenters. The maximum absolute atomic E-state index is 12.6. The van der Waals surface area contributed by atoms with Crippen LogP contribution < -0.4 is 0 Å². The van der Waals surface area contributed by atoms with Gasteiger partial charge in [-0.15, -0.1) is 0 Å². The summed E-state index contributed by atoms with van der Waals surface area (Å²) in [4.78, 5) is 12.6. The SMILES string of the molecule is C[C@@]12CCC[C@H]1[C@@H]1C[C@H](O)c3ccccc3C1=CC2=O. The Labute approximate surface area is 119 Å². The lowest BCUT2D eigenvalue weighted by Crippen LogP contribution is -2.41. The predicted molar refractivity (Wildman–Crippen MR) is 77.9 cm³/mol. The first kappa shape index (κ1) is 12.3. The summed E-state index contributed by atoms with van der Waals surface area (Å²) in [6, 6.07) is 8.01. The fourth-order valence-corrected chi connectivity index (χ4v) is 4.76. The molecule has 0 bridgehead atoms. The number of aliphatic hydroxyl groups excluding tert-OH is 1. The molecule has 1 N–H and O–H groups in total. The third kappa shape index (κ3) is 1.46. The highest BCUT2D eigenvalue weighted by Crippen LogP contribution is 2.58. The minimum Gasteiger partial charge on any atom is -0.388 e. The van der Waals surface area contributed by atoms with Gasteiger partial charge >= 0.3 is 0 Å². The third-order valence-electron chi connectivity index (χ3n) is 5.87. The van der Waals surface area contributed by atoms with Crippen LogP contribution in [0.4, 0.5) is 0 Å². The van der Waals surface area contributed by atoms with Crippen LogP contribution in [0.1, 0.15) is 49.8 Å². The summed E-state index contributed by atoms with van der Waals surface area (Å²) in [5.74, 6) is 1.07. The zero-order valence-electron chi connectivity index (χ0n) is 11.8. The average molecular weight is 268 g/mol. The van der Waals surface area contributed by atoms with E-state index in [1.54, 1.807) is 0 Å². The van der Waals surface area contributed by atoms with Gasteiger partial charge in [0.2, 0.25) is 0 Å². The Hall–Kier alpha value is -1.41. The molecule has 104 valence electrons. The van der Waals surface area contributed by atoms with E-state index in [1.165, 1.54) is 5.57 Å². The Morgan fingerprint density at radius 2 is 2.10 bits per heavy atom. The highest BCUT2D eigenvalue weighted by molar-refractivity contribution is 6.03. The van der Waals surface area contributed by atoms with Gasteiger partial charge in [0.05, 0.1) is 6.10 Å². The standard InChI is InChI=1S/C18H20O2/c1-18-8-4-7-15(18)14-9-16(19)12-6-3-2-5-11(12)13(14)10-17(18)20/h2-3,5-6,10,14-16,19H,4,7-9H2,1H3/t14-,15+,16+,18-/m1/s1. The fourth-order valence-electron chi connectivity index (χ4n) is 4.76. The van der Waals surface area contributed by atoms with Crippen molar-refractivity contribution in [2.45, 2.75) is 38.7 Å². The predicted octanol–water partition coefficient (Wildman–Crippen LogP) is 3.51. The first-order valence-corrected chi connectivity index (χ1v) is 7.64. The molecule has 1 aromatic carbocycles. The molecule has 0 amide bonds. The fraction of sp³-hybridized carbons (Fsp3) is 0.500. The Bertz CT molecular complexity index is 616. The maximum Gasteiger partial charge on any atom is 0.162 e. The Kier molecular flexibility index (Phi) is 2.50. The van der Waals surface area contributed by atoms with Crippen LogP contribution in [0.2, 0.25) is 0 Å². The van der Waals surface area contributed by atoms with Crippen molar-refractivity contribution in [3.05, 3.63) is 41.5 Å². The van der Waals surface area contributed by atoms with Gasteiger partial charge in [0, 0.05) is 5.41 Å². The van der Waals surface area contributed by atoms with Crippen LogP contribution in [0.25, 0.3) is 5.57 Å². The van der Waals surface area contributed by atoms with Gasteiger partial charge in [-0.2, -0.15) is 0 Å². The minimum absolute atomic E-state index is 0.180. The van der Waals surface area contributed by atoms with Crippen molar-refractivity contribution in [3.63, 3.8) is 0 Å². The monoisotopic (exact) mass is 268 g/mol. The van der Waals surface area contributed by atoms with Gasteiger partial charge in [0.1, 0.15) is 0 Å². The lowest BCUT2D eigenvalue weighted by molar-refractivity contribution is -0.126. The first-order chi connectivity index (χ1) is 9.61. The number of hydrogen-bond donors (Lipinski definition) is 1. The molecule has 0 radical (unpaired) electrons. The Balaban J connectivity index is 1.90. The van der Waals surface area contributed by atoms with Gasteiger partial charge in [-0.3, -0.25) is 4.79 Å². The van der Waals surface area contributed by atoms with Gasteiger partial charge in [-0.25, -0.2) is 0 Å². The molecule has 0 heterocycles. The molecule has 0 aromatic heterocycles. The highest BCUT2D eigenvalue weighted by atomic mass is 16.3. The number of benzene rings is 1. The van der Waals surface area contributed by atoms with Crippen molar-refractivity contribution in [1.29, 1.82) is 0 Å². The molecule has 2 nitrogen and oxygen atoms in total. The molecule has 0 saturated heterocycles. The number of carbonyl (C=O) groups is 1. The van der Waals surface area contributed by atoms with Gasteiger partial charge in [0.15, 0.2) is 5.78 Å². The van der Waals surface area contributed by atoms with Crippen molar-refractivity contribution in [1.82, 2.24) is 0 Å². The second-order valence-corrected chi connectivity index (χ2v) is 6.83. The second kappa shape index (κ2) is 4.05. The lowest BCUT2D eigenvalue weighted by atomic mass is 9.59. The largest absolute Gasteiger partial charge is 0.388 e. The van der Waals surface area contributed by atoms with Crippen LogP contribution in [0.3, 0.4) is 0 Å². The van der Waals surface area contributed by atoms with Crippen LogP contribution in [0, 0.1) is 17.3 Å². The number of aliphatic hydroxyl groups is 1. The zero-order chi connectivity index (χ0) is 13.9. The molecule has 2 heteroatoms. The number of carbonyl (C=O) groups excluding carboxylic acids is 1. The third-order valence-corrected chi connectivity index (χ3v) is 5.87. The number of fused-ring (bicyclic) bond motifs is 5. The molecule has 20 heavy (non-hydrogen) atoms. The summed E-state index contributed by atoms with van der Waals surface area (Å²) < 4.78 is 0. The van der Waals surface area contributed by atoms with Crippen molar-refractivity contribution in [2.75, 3.05) is 0 Å². The quantitative estimate of drug-likeness (QED) is 0.781.